The van der Waals surface area contributed by atoms with Crippen LogP contribution < -0.4 is 0 Å². The monoisotopic (exact) mass is 198 g/mol. The average Bonchev–Trinajstić information content (AvgIpc) is 2.99. The normalized spacial score (nSPS) is 32.9. The molecule has 0 aliphatic heterocycles. The van der Waals surface area contributed by atoms with Crippen LogP contribution in [0.1, 0.15) is 38.5 Å². The van der Waals surface area contributed by atoms with Crippen LogP contribution in [-0.2, 0) is 9.53 Å². The first-order valence-corrected chi connectivity index (χ1v) is 5.60. The minimum atomic E-state index is -0.634. The van der Waals surface area contributed by atoms with Crippen LogP contribution in [0.4, 0.5) is 0 Å². The predicted molar refractivity (Wildman–Crippen MR) is 52.1 cm³/mol. The molecule has 0 heterocycles. The molecule has 14 heavy (non-hydrogen) atoms. The molecule has 0 aromatic carbocycles. The van der Waals surface area contributed by atoms with Crippen LogP contribution >= 0.6 is 0 Å². The van der Waals surface area contributed by atoms with Gasteiger partial charge in [0.2, 0.25) is 0 Å². The second-order valence-electron chi connectivity index (χ2n) is 4.59. The molecule has 2 fully saturated rings. The summed E-state index contributed by atoms with van der Waals surface area (Å²) in [5, 5.41) is 8.81. The molecule has 3 nitrogen and oxygen atoms in total. The van der Waals surface area contributed by atoms with Crippen molar-refractivity contribution >= 4 is 5.97 Å². The molecule has 3 heteroatoms. The van der Waals surface area contributed by atoms with E-state index in [1.807, 2.05) is 0 Å². The Morgan fingerprint density at radius 3 is 2.29 bits per heavy atom. The fraction of sp³-hybridized carbons (Fsp3) is 0.909. The van der Waals surface area contributed by atoms with Crippen molar-refractivity contribution in [2.75, 3.05) is 6.61 Å². The first-order chi connectivity index (χ1) is 6.75. The maximum Gasteiger partial charge on any atom is 0.306 e. The van der Waals surface area contributed by atoms with Gasteiger partial charge in [0.15, 0.2) is 0 Å². The van der Waals surface area contributed by atoms with E-state index >= 15 is 0 Å². The van der Waals surface area contributed by atoms with Gasteiger partial charge in [0.05, 0.1) is 12.0 Å². The lowest BCUT2D eigenvalue weighted by Crippen LogP contribution is -2.26. The van der Waals surface area contributed by atoms with Crippen LogP contribution in [0.5, 0.6) is 0 Å². The van der Waals surface area contributed by atoms with Crippen molar-refractivity contribution in [3.05, 3.63) is 0 Å². The molecule has 0 amide bonds. The molecule has 2 aliphatic carbocycles. The van der Waals surface area contributed by atoms with E-state index in [1.54, 1.807) is 0 Å². The van der Waals surface area contributed by atoms with E-state index in [-0.39, 0.29) is 5.92 Å². The van der Waals surface area contributed by atoms with Crippen LogP contribution in [0.25, 0.3) is 0 Å². The summed E-state index contributed by atoms with van der Waals surface area (Å²) in [6.07, 6.45) is 6.45. The molecule has 0 aromatic rings. The Kier molecular flexibility index (Phi) is 3.06. The molecular weight excluding hydrogens is 180 g/mol. The Labute approximate surface area is 84.4 Å². The van der Waals surface area contributed by atoms with Gasteiger partial charge in [-0.25, -0.2) is 0 Å². The molecule has 2 aliphatic rings. The van der Waals surface area contributed by atoms with Crippen molar-refractivity contribution in [2.45, 2.75) is 44.6 Å². The van der Waals surface area contributed by atoms with Crippen molar-refractivity contribution in [2.24, 2.45) is 11.8 Å². The highest BCUT2D eigenvalue weighted by molar-refractivity contribution is 5.69. The smallest absolute Gasteiger partial charge is 0.306 e. The Bertz CT molecular complexity index is 203. The average molecular weight is 198 g/mol. The summed E-state index contributed by atoms with van der Waals surface area (Å²) >= 11 is 0. The molecule has 0 saturated heterocycles. The van der Waals surface area contributed by atoms with Gasteiger partial charge in [-0.3, -0.25) is 4.79 Å². The summed E-state index contributed by atoms with van der Waals surface area (Å²) in [4.78, 5) is 10.7. The minimum absolute atomic E-state index is 0.115. The Morgan fingerprint density at radius 1 is 1.14 bits per heavy atom. The quantitative estimate of drug-likeness (QED) is 0.752. The van der Waals surface area contributed by atoms with E-state index in [2.05, 4.69) is 0 Å². The van der Waals surface area contributed by atoms with E-state index < -0.39 is 5.97 Å². The summed E-state index contributed by atoms with van der Waals surface area (Å²) in [6.45, 7) is 0.905. The number of carboxylic acids is 1. The number of ether oxygens (including phenoxy) is 1. The number of hydrogen-bond donors (Lipinski definition) is 1. The highest BCUT2D eigenvalue weighted by Crippen LogP contribution is 2.32. The third kappa shape index (κ3) is 2.71. The predicted octanol–water partition coefficient (Wildman–Crippen LogP) is 2.06. The zero-order valence-corrected chi connectivity index (χ0v) is 8.45. The summed E-state index contributed by atoms with van der Waals surface area (Å²) in [7, 11) is 0. The van der Waals surface area contributed by atoms with Gasteiger partial charge in [-0.1, -0.05) is 0 Å². The van der Waals surface area contributed by atoms with E-state index in [0.29, 0.717) is 6.10 Å². The lowest BCUT2D eigenvalue weighted by molar-refractivity contribution is -0.143. The molecule has 0 spiro atoms. The molecular formula is C11H18O3. The van der Waals surface area contributed by atoms with Crippen LogP contribution in [0, 0.1) is 11.8 Å². The maximum atomic E-state index is 10.7. The Hall–Kier alpha value is -0.570. The van der Waals surface area contributed by atoms with Crippen LogP contribution in [0.3, 0.4) is 0 Å². The van der Waals surface area contributed by atoms with Gasteiger partial charge < -0.3 is 9.84 Å². The third-order valence-corrected chi connectivity index (χ3v) is 3.29. The van der Waals surface area contributed by atoms with Crippen LogP contribution in [-0.4, -0.2) is 23.8 Å². The van der Waals surface area contributed by atoms with E-state index in [4.69, 9.17) is 9.84 Å². The number of rotatable bonds is 4. The van der Waals surface area contributed by atoms with E-state index in [0.717, 1.165) is 38.2 Å². The standard InChI is InChI=1S/C11H18O3/c12-11(13)9-3-5-10(6-4-9)14-7-8-1-2-8/h8-10H,1-7H2,(H,12,13). The van der Waals surface area contributed by atoms with E-state index in [1.165, 1.54) is 12.8 Å². The number of carbonyl (C=O) groups is 1. The third-order valence-electron chi connectivity index (χ3n) is 3.29. The van der Waals surface area contributed by atoms with Crippen molar-refractivity contribution in [3.63, 3.8) is 0 Å². The van der Waals surface area contributed by atoms with Gasteiger partial charge in [-0.15, -0.1) is 0 Å². The number of aliphatic carboxylic acids is 1. The van der Waals surface area contributed by atoms with Gasteiger partial charge in [0, 0.05) is 6.61 Å². The molecule has 0 unspecified atom stereocenters. The second kappa shape index (κ2) is 4.30. The Morgan fingerprint density at radius 2 is 1.79 bits per heavy atom. The molecule has 2 rings (SSSR count). The summed E-state index contributed by atoms with van der Waals surface area (Å²) in [5.41, 5.74) is 0. The zero-order chi connectivity index (χ0) is 9.97. The Balaban J connectivity index is 1.64. The minimum Gasteiger partial charge on any atom is -0.481 e. The molecule has 2 saturated carbocycles. The van der Waals surface area contributed by atoms with Crippen molar-refractivity contribution in [1.82, 2.24) is 0 Å². The first-order valence-electron chi connectivity index (χ1n) is 5.60. The second-order valence-corrected chi connectivity index (χ2v) is 4.59. The van der Waals surface area contributed by atoms with Crippen molar-refractivity contribution in [1.29, 1.82) is 0 Å². The summed E-state index contributed by atoms with van der Waals surface area (Å²) in [6, 6.07) is 0. The van der Waals surface area contributed by atoms with E-state index in [9.17, 15) is 4.79 Å². The highest BCUT2D eigenvalue weighted by Gasteiger charge is 2.28. The summed E-state index contributed by atoms with van der Waals surface area (Å²) < 4.78 is 5.74. The first kappa shape index (κ1) is 9.97. The van der Waals surface area contributed by atoms with Crippen LogP contribution in [0.2, 0.25) is 0 Å². The molecule has 80 valence electrons. The number of carboxylic acid groups (broad SMARTS) is 1. The largest absolute Gasteiger partial charge is 0.481 e. The fourth-order valence-corrected chi connectivity index (χ4v) is 2.03. The molecule has 1 N–H and O–H groups in total. The van der Waals surface area contributed by atoms with Gasteiger partial charge >= 0.3 is 5.97 Å². The summed E-state index contributed by atoms with van der Waals surface area (Å²) in [5.74, 6) is 0.0635. The molecule has 0 aromatic heterocycles. The number of hydrogen-bond acceptors (Lipinski definition) is 2. The topological polar surface area (TPSA) is 46.5 Å². The lowest BCUT2D eigenvalue weighted by atomic mass is 9.87. The maximum absolute atomic E-state index is 10.7. The molecule has 0 bridgehead atoms. The van der Waals surface area contributed by atoms with Gasteiger partial charge in [0.1, 0.15) is 0 Å². The molecule has 0 radical (unpaired) electrons. The van der Waals surface area contributed by atoms with Crippen molar-refractivity contribution < 1.29 is 14.6 Å². The van der Waals surface area contributed by atoms with Gasteiger partial charge in [0.25, 0.3) is 0 Å². The molecule has 0 atom stereocenters. The lowest BCUT2D eigenvalue weighted by Gasteiger charge is -2.26. The highest BCUT2D eigenvalue weighted by atomic mass is 16.5. The van der Waals surface area contributed by atoms with Gasteiger partial charge in [-0.05, 0) is 44.4 Å². The van der Waals surface area contributed by atoms with Gasteiger partial charge in [-0.2, -0.15) is 0 Å². The van der Waals surface area contributed by atoms with Crippen LogP contribution in [0.15, 0.2) is 0 Å². The SMILES string of the molecule is O=C(O)C1CCC(OCC2CC2)CC1. The van der Waals surface area contributed by atoms with Crippen molar-refractivity contribution in [3.8, 4) is 0 Å². The fourth-order valence-electron chi connectivity index (χ4n) is 2.03. The zero-order valence-electron chi connectivity index (χ0n) is 8.45.